The molecule has 0 bridgehead atoms. The van der Waals surface area contributed by atoms with Gasteiger partial charge in [-0.05, 0) is 23.6 Å². The highest BCUT2D eigenvalue weighted by Crippen LogP contribution is 2.04. The lowest BCUT2D eigenvalue weighted by atomic mass is 10.2. The molecular weight excluding hydrogens is 214 g/mol. The van der Waals surface area contributed by atoms with Gasteiger partial charge in [0.15, 0.2) is 0 Å². The van der Waals surface area contributed by atoms with Gasteiger partial charge in [-0.15, -0.1) is 0 Å². The van der Waals surface area contributed by atoms with Crippen molar-refractivity contribution in [2.24, 2.45) is 5.92 Å². The summed E-state index contributed by atoms with van der Waals surface area (Å²) in [6.07, 6.45) is 0. The minimum Gasteiger partial charge on any atom is -0.379 e. The van der Waals surface area contributed by atoms with Crippen LogP contribution < -0.4 is 0 Å². The molecule has 0 aliphatic rings. The molecule has 0 unspecified atom stereocenters. The van der Waals surface area contributed by atoms with E-state index in [4.69, 9.17) is 14.7 Å². The summed E-state index contributed by atoms with van der Waals surface area (Å²) in [7, 11) is 0. The standard InChI is InChI=1S/C14H19NO2/c1-12(2)10-16-7-8-17-11-14-5-3-13(9-15)4-6-14/h3-6,12H,7-8,10-11H2,1-2H3. The molecule has 0 N–H and O–H groups in total. The minimum atomic E-state index is 0.563. The Labute approximate surface area is 103 Å². The largest absolute Gasteiger partial charge is 0.379 e. The van der Waals surface area contributed by atoms with Gasteiger partial charge in [-0.1, -0.05) is 26.0 Å². The molecule has 3 nitrogen and oxygen atoms in total. The molecule has 3 heteroatoms. The van der Waals surface area contributed by atoms with Gasteiger partial charge < -0.3 is 9.47 Å². The molecule has 0 fully saturated rings. The molecule has 0 saturated heterocycles. The van der Waals surface area contributed by atoms with E-state index in [-0.39, 0.29) is 0 Å². The van der Waals surface area contributed by atoms with Crippen molar-refractivity contribution in [3.8, 4) is 6.07 Å². The average Bonchev–Trinajstić information content (AvgIpc) is 2.34. The topological polar surface area (TPSA) is 42.2 Å². The van der Waals surface area contributed by atoms with Crippen LogP contribution in [0, 0.1) is 17.2 Å². The Morgan fingerprint density at radius 3 is 2.35 bits per heavy atom. The van der Waals surface area contributed by atoms with E-state index < -0.39 is 0 Å². The van der Waals surface area contributed by atoms with Gasteiger partial charge >= 0.3 is 0 Å². The lowest BCUT2D eigenvalue weighted by molar-refractivity contribution is 0.0314. The fraction of sp³-hybridized carbons (Fsp3) is 0.500. The molecule has 0 radical (unpaired) electrons. The molecule has 0 aliphatic carbocycles. The Balaban J connectivity index is 2.12. The highest BCUT2D eigenvalue weighted by molar-refractivity contribution is 5.31. The number of ether oxygens (including phenoxy) is 2. The van der Waals surface area contributed by atoms with Gasteiger partial charge in [0.25, 0.3) is 0 Å². The third-order valence-corrected chi connectivity index (χ3v) is 2.17. The van der Waals surface area contributed by atoms with Crippen molar-refractivity contribution in [2.75, 3.05) is 19.8 Å². The number of hydrogen-bond acceptors (Lipinski definition) is 3. The zero-order valence-corrected chi connectivity index (χ0v) is 10.5. The lowest BCUT2D eigenvalue weighted by Crippen LogP contribution is -2.08. The zero-order chi connectivity index (χ0) is 12.5. The minimum absolute atomic E-state index is 0.563. The predicted molar refractivity (Wildman–Crippen MR) is 66.5 cm³/mol. The Bertz CT molecular complexity index is 351. The molecule has 0 spiro atoms. The number of benzene rings is 1. The third kappa shape index (κ3) is 6.06. The summed E-state index contributed by atoms with van der Waals surface area (Å²) in [5, 5.41) is 8.65. The van der Waals surface area contributed by atoms with Crippen LogP contribution in [-0.4, -0.2) is 19.8 Å². The van der Waals surface area contributed by atoms with Gasteiger partial charge in [-0.25, -0.2) is 0 Å². The SMILES string of the molecule is CC(C)COCCOCc1ccc(C#N)cc1. The van der Waals surface area contributed by atoms with Crippen LogP contribution in [0.15, 0.2) is 24.3 Å². The second-order valence-corrected chi connectivity index (χ2v) is 4.33. The molecule has 1 aromatic carbocycles. The van der Waals surface area contributed by atoms with E-state index in [0.29, 0.717) is 31.3 Å². The molecule has 1 rings (SSSR count). The maximum absolute atomic E-state index is 8.65. The van der Waals surface area contributed by atoms with Crippen molar-refractivity contribution in [1.82, 2.24) is 0 Å². The van der Waals surface area contributed by atoms with Gasteiger partial charge in [0.2, 0.25) is 0 Å². The van der Waals surface area contributed by atoms with Crippen LogP contribution in [0.1, 0.15) is 25.0 Å². The van der Waals surface area contributed by atoms with E-state index >= 15 is 0 Å². The van der Waals surface area contributed by atoms with Crippen molar-refractivity contribution >= 4 is 0 Å². The molecule has 0 aliphatic heterocycles. The third-order valence-electron chi connectivity index (χ3n) is 2.17. The van der Waals surface area contributed by atoms with Gasteiger partial charge in [-0.2, -0.15) is 5.26 Å². The molecule has 92 valence electrons. The van der Waals surface area contributed by atoms with Crippen LogP contribution >= 0.6 is 0 Å². The first kappa shape index (κ1) is 13.7. The van der Waals surface area contributed by atoms with Crippen molar-refractivity contribution in [3.05, 3.63) is 35.4 Å². The summed E-state index contributed by atoms with van der Waals surface area (Å²) in [6, 6.07) is 9.51. The van der Waals surface area contributed by atoms with Crippen LogP contribution in [-0.2, 0) is 16.1 Å². The van der Waals surface area contributed by atoms with Crippen LogP contribution in [0.5, 0.6) is 0 Å². The molecule has 17 heavy (non-hydrogen) atoms. The molecule has 1 aromatic rings. The highest BCUT2D eigenvalue weighted by atomic mass is 16.5. The average molecular weight is 233 g/mol. The van der Waals surface area contributed by atoms with Crippen LogP contribution in [0.25, 0.3) is 0 Å². The first-order valence-electron chi connectivity index (χ1n) is 5.87. The number of nitrogens with zero attached hydrogens (tertiary/aromatic N) is 1. The van der Waals surface area contributed by atoms with E-state index in [0.717, 1.165) is 12.2 Å². The van der Waals surface area contributed by atoms with E-state index in [2.05, 4.69) is 19.9 Å². The van der Waals surface area contributed by atoms with E-state index in [9.17, 15) is 0 Å². The predicted octanol–water partition coefficient (Wildman–Crippen LogP) is 2.75. The summed E-state index contributed by atoms with van der Waals surface area (Å²) >= 11 is 0. The monoisotopic (exact) mass is 233 g/mol. The van der Waals surface area contributed by atoms with Gasteiger partial charge in [0.05, 0.1) is 31.5 Å². The summed E-state index contributed by atoms with van der Waals surface area (Å²) in [5.74, 6) is 0.563. The number of rotatable bonds is 7. The van der Waals surface area contributed by atoms with Crippen molar-refractivity contribution in [1.29, 1.82) is 5.26 Å². The van der Waals surface area contributed by atoms with Gasteiger partial charge in [0.1, 0.15) is 0 Å². The van der Waals surface area contributed by atoms with Crippen molar-refractivity contribution in [2.45, 2.75) is 20.5 Å². The van der Waals surface area contributed by atoms with E-state index in [1.165, 1.54) is 0 Å². The molecule has 0 amide bonds. The van der Waals surface area contributed by atoms with Gasteiger partial charge in [0, 0.05) is 6.61 Å². The van der Waals surface area contributed by atoms with Crippen molar-refractivity contribution in [3.63, 3.8) is 0 Å². The molecule has 0 heterocycles. The Hall–Kier alpha value is -1.37. The molecule has 0 atom stereocenters. The maximum Gasteiger partial charge on any atom is 0.0991 e. The number of nitriles is 1. The fourth-order valence-electron chi connectivity index (χ4n) is 1.30. The van der Waals surface area contributed by atoms with E-state index in [1.54, 1.807) is 12.1 Å². The van der Waals surface area contributed by atoms with Crippen LogP contribution in [0.2, 0.25) is 0 Å². The zero-order valence-electron chi connectivity index (χ0n) is 10.5. The van der Waals surface area contributed by atoms with Crippen LogP contribution in [0.3, 0.4) is 0 Å². The van der Waals surface area contributed by atoms with Crippen LogP contribution in [0.4, 0.5) is 0 Å². The molecule has 0 saturated carbocycles. The Kier molecular flexibility index (Phi) is 6.31. The molecule has 0 aromatic heterocycles. The van der Waals surface area contributed by atoms with Gasteiger partial charge in [-0.3, -0.25) is 0 Å². The maximum atomic E-state index is 8.65. The first-order chi connectivity index (χ1) is 8.22. The highest BCUT2D eigenvalue weighted by Gasteiger charge is 1.96. The van der Waals surface area contributed by atoms with Crippen molar-refractivity contribution < 1.29 is 9.47 Å². The summed E-state index contributed by atoms with van der Waals surface area (Å²) in [4.78, 5) is 0. The molecular formula is C14H19NO2. The summed E-state index contributed by atoms with van der Waals surface area (Å²) in [5.41, 5.74) is 1.75. The second kappa shape index (κ2) is 7.83. The summed E-state index contributed by atoms with van der Waals surface area (Å²) < 4.78 is 10.9. The Morgan fingerprint density at radius 1 is 1.12 bits per heavy atom. The first-order valence-corrected chi connectivity index (χ1v) is 5.87. The fourth-order valence-corrected chi connectivity index (χ4v) is 1.30. The second-order valence-electron chi connectivity index (χ2n) is 4.33. The Morgan fingerprint density at radius 2 is 1.76 bits per heavy atom. The summed E-state index contributed by atoms with van der Waals surface area (Å²) in [6.45, 7) is 6.83. The number of hydrogen-bond donors (Lipinski definition) is 0. The van der Waals surface area contributed by atoms with E-state index in [1.807, 2.05) is 12.1 Å². The normalized spacial score (nSPS) is 10.5. The lowest BCUT2D eigenvalue weighted by Gasteiger charge is -2.07. The smallest absolute Gasteiger partial charge is 0.0991 e. The quantitative estimate of drug-likeness (QED) is 0.680.